The maximum absolute atomic E-state index is 3.65. The first-order valence-electron chi connectivity index (χ1n) is 7.80. The summed E-state index contributed by atoms with van der Waals surface area (Å²) in [6, 6.07) is 0. The summed E-state index contributed by atoms with van der Waals surface area (Å²) in [5.41, 5.74) is 0. The second-order valence-corrected chi connectivity index (χ2v) is 6.00. The van der Waals surface area contributed by atoms with Crippen LogP contribution < -0.4 is 5.32 Å². The predicted molar refractivity (Wildman–Crippen MR) is 80.1 cm³/mol. The van der Waals surface area contributed by atoms with E-state index in [9.17, 15) is 0 Å². The van der Waals surface area contributed by atoms with Gasteiger partial charge in [-0.05, 0) is 52.4 Å². The molecule has 0 amide bonds. The van der Waals surface area contributed by atoms with Crippen molar-refractivity contribution >= 4 is 0 Å². The summed E-state index contributed by atoms with van der Waals surface area (Å²) in [7, 11) is 4.31. The van der Waals surface area contributed by atoms with E-state index in [-0.39, 0.29) is 0 Å². The van der Waals surface area contributed by atoms with Crippen molar-refractivity contribution in [2.45, 2.75) is 39.0 Å². The third kappa shape index (κ3) is 7.34. The first-order valence-corrected chi connectivity index (χ1v) is 7.80. The Labute approximate surface area is 114 Å². The quantitative estimate of drug-likeness (QED) is 0.603. The van der Waals surface area contributed by atoms with Gasteiger partial charge in [-0.3, -0.25) is 0 Å². The van der Waals surface area contributed by atoms with Crippen molar-refractivity contribution in [3.05, 3.63) is 0 Å². The maximum Gasteiger partial charge on any atom is 0.0110 e. The molecular weight excluding hydrogens is 222 g/mol. The van der Waals surface area contributed by atoms with Gasteiger partial charge >= 0.3 is 0 Å². The van der Waals surface area contributed by atoms with E-state index in [0.717, 1.165) is 12.5 Å². The zero-order valence-corrected chi connectivity index (χ0v) is 12.7. The highest BCUT2D eigenvalue weighted by Crippen LogP contribution is 2.23. The number of likely N-dealkylation sites (N-methyl/N-ethyl adjacent to an activating group) is 1. The van der Waals surface area contributed by atoms with Crippen LogP contribution in [0.2, 0.25) is 0 Å². The Morgan fingerprint density at radius 1 is 1.00 bits per heavy atom. The molecule has 1 aliphatic rings. The summed E-state index contributed by atoms with van der Waals surface area (Å²) >= 11 is 0. The number of rotatable bonds is 10. The fraction of sp³-hybridized carbons (Fsp3) is 1.00. The normalized spacial score (nSPS) is 17.2. The number of nitrogens with one attached hydrogen (secondary N) is 1. The molecule has 0 heterocycles. The van der Waals surface area contributed by atoms with Gasteiger partial charge in [0.25, 0.3) is 0 Å². The molecule has 18 heavy (non-hydrogen) atoms. The van der Waals surface area contributed by atoms with Crippen LogP contribution in [0.3, 0.4) is 0 Å². The molecular formula is C15H33N3. The van der Waals surface area contributed by atoms with Crippen molar-refractivity contribution in [3.8, 4) is 0 Å². The molecule has 3 heteroatoms. The van der Waals surface area contributed by atoms with Crippen LogP contribution >= 0.6 is 0 Å². The molecule has 0 unspecified atom stereocenters. The maximum atomic E-state index is 3.65. The SMILES string of the molecule is CCCN(CCNCC1CCCC1)CCN(C)C. The number of hydrogen-bond acceptors (Lipinski definition) is 3. The van der Waals surface area contributed by atoms with E-state index in [1.54, 1.807) is 0 Å². The fourth-order valence-electron chi connectivity index (χ4n) is 2.75. The lowest BCUT2D eigenvalue weighted by Gasteiger charge is -2.24. The topological polar surface area (TPSA) is 18.5 Å². The van der Waals surface area contributed by atoms with Crippen LogP contribution in [0.25, 0.3) is 0 Å². The molecule has 108 valence electrons. The third-order valence-electron chi connectivity index (χ3n) is 3.92. The Kier molecular flexibility index (Phi) is 8.64. The average Bonchev–Trinajstić information content (AvgIpc) is 2.84. The molecule has 0 atom stereocenters. The van der Waals surface area contributed by atoms with Crippen LogP contribution in [0.5, 0.6) is 0 Å². The van der Waals surface area contributed by atoms with Gasteiger partial charge in [-0.25, -0.2) is 0 Å². The Morgan fingerprint density at radius 2 is 1.72 bits per heavy atom. The van der Waals surface area contributed by atoms with Crippen LogP contribution in [0, 0.1) is 5.92 Å². The summed E-state index contributed by atoms with van der Waals surface area (Å²) in [4.78, 5) is 4.86. The van der Waals surface area contributed by atoms with E-state index in [0.29, 0.717) is 0 Å². The van der Waals surface area contributed by atoms with Gasteiger partial charge < -0.3 is 15.1 Å². The van der Waals surface area contributed by atoms with Crippen molar-refractivity contribution in [3.63, 3.8) is 0 Å². The van der Waals surface area contributed by atoms with Gasteiger partial charge in [0.1, 0.15) is 0 Å². The molecule has 1 fully saturated rings. The van der Waals surface area contributed by atoms with Gasteiger partial charge in [0.05, 0.1) is 0 Å². The summed E-state index contributed by atoms with van der Waals surface area (Å²) in [6.45, 7) is 9.48. The summed E-state index contributed by atoms with van der Waals surface area (Å²) in [5, 5.41) is 3.65. The highest BCUT2D eigenvalue weighted by molar-refractivity contribution is 4.70. The second kappa shape index (κ2) is 9.76. The zero-order chi connectivity index (χ0) is 13.2. The predicted octanol–water partition coefficient (Wildman–Crippen LogP) is 2.04. The molecule has 0 bridgehead atoms. The Hall–Kier alpha value is -0.120. The molecule has 1 N–H and O–H groups in total. The monoisotopic (exact) mass is 255 g/mol. The molecule has 0 saturated heterocycles. The van der Waals surface area contributed by atoms with Crippen molar-refractivity contribution in [1.29, 1.82) is 0 Å². The molecule has 0 aliphatic heterocycles. The molecule has 1 rings (SSSR count). The lowest BCUT2D eigenvalue weighted by atomic mass is 10.1. The highest BCUT2D eigenvalue weighted by atomic mass is 15.2. The minimum atomic E-state index is 0.964. The molecule has 0 aromatic heterocycles. The Balaban J connectivity index is 2.04. The van der Waals surface area contributed by atoms with Gasteiger partial charge in [0, 0.05) is 26.2 Å². The molecule has 1 saturated carbocycles. The smallest absolute Gasteiger partial charge is 0.0110 e. The van der Waals surface area contributed by atoms with E-state index in [1.807, 2.05) is 0 Å². The minimum Gasteiger partial charge on any atom is -0.315 e. The highest BCUT2D eigenvalue weighted by Gasteiger charge is 2.14. The van der Waals surface area contributed by atoms with Gasteiger partial charge in [-0.2, -0.15) is 0 Å². The Bertz CT molecular complexity index is 188. The first-order chi connectivity index (χ1) is 8.72. The molecule has 0 aromatic carbocycles. The third-order valence-corrected chi connectivity index (χ3v) is 3.92. The average molecular weight is 255 g/mol. The molecule has 0 aromatic rings. The van der Waals surface area contributed by atoms with Crippen molar-refractivity contribution in [1.82, 2.24) is 15.1 Å². The van der Waals surface area contributed by atoms with Gasteiger partial charge in [-0.1, -0.05) is 19.8 Å². The number of nitrogens with zero attached hydrogens (tertiary/aromatic N) is 2. The van der Waals surface area contributed by atoms with Crippen LogP contribution in [-0.4, -0.2) is 63.2 Å². The van der Waals surface area contributed by atoms with Crippen LogP contribution in [-0.2, 0) is 0 Å². The van der Waals surface area contributed by atoms with E-state index in [1.165, 1.54) is 64.8 Å². The van der Waals surface area contributed by atoms with Gasteiger partial charge in [0.15, 0.2) is 0 Å². The fourth-order valence-corrected chi connectivity index (χ4v) is 2.75. The molecule has 3 nitrogen and oxygen atoms in total. The van der Waals surface area contributed by atoms with E-state index < -0.39 is 0 Å². The lowest BCUT2D eigenvalue weighted by Crippen LogP contribution is -2.38. The largest absolute Gasteiger partial charge is 0.315 e. The standard InChI is InChI=1S/C15H33N3/c1-4-10-18(13-12-17(2)3)11-9-16-14-15-7-5-6-8-15/h15-16H,4-14H2,1-3H3. The molecule has 0 radical (unpaired) electrons. The lowest BCUT2D eigenvalue weighted by molar-refractivity contribution is 0.240. The number of hydrogen-bond donors (Lipinski definition) is 1. The van der Waals surface area contributed by atoms with Crippen molar-refractivity contribution in [2.75, 3.05) is 53.4 Å². The zero-order valence-electron chi connectivity index (χ0n) is 12.7. The van der Waals surface area contributed by atoms with Crippen LogP contribution in [0.1, 0.15) is 39.0 Å². The summed E-state index contributed by atoms with van der Waals surface area (Å²) in [5.74, 6) is 0.964. The molecule has 0 spiro atoms. The van der Waals surface area contributed by atoms with Crippen molar-refractivity contribution in [2.24, 2.45) is 5.92 Å². The summed E-state index contributed by atoms with van der Waals surface area (Å²) < 4.78 is 0. The van der Waals surface area contributed by atoms with Crippen LogP contribution in [0.15, 0.2) is 0 Å². The summed E-state index contributed by atoms with van der Waals surface area (Å²) in [6.07, 6.45) is 7.07. The van der Waals surface area contributed by atoms with E-state index in [2.05, 4.69) is 36.1 Å². The van der Waals surface area contributed by atoms with Crippen molar-refractivity contribution < 1.29 is 0 Å². The van der Waals surface area contributed by atoms with E-state index in [4.69, 9.17) is 0 Å². The Morgan fingerprint density at radius 3 is 2.33 bits per heavy atom. The van der Waals surface area contributed by atoms with Gasteiger partial charge in [0.2, 0.25) is 0 Å². The molecule has 1 aliphatic carbocycles. The van der Waals surface area contributed by atoms with Crippen LogP contribution in [0.4, 0.5) is 0 Å². The second-order valence-electron chi connectivity index (χ2n) is 6.00. The van der Waals surface area contributed by atoms with E-state index >= 15 is 0 Å². The minimum absolute atomic E-state index is 0.964. The van der Waals surface area contributed by atoms with Gasteiger partial charge in [-0.15, -0.1) is 0 Å². The first kappa shape index (κ1) is 15.9.